The summed E-state index contributed by atoms with van der Waals surface area (Å²) in [5, 5.41) is 0. The van der Waals surface area contributed by atoms with Crippen LogP contribution >= 0.6 is 0 Å². The molecule has 46 valence electrons. The van der Waals surface area contributed by atoms with Gasteiger partial charge in [0, 0.05) is 0 Å². The van der Waals surface area contributed by atoms with E-state index in [0.717, 1.165) is 5.57 Å². The molecule has 0 nitrogen and oxygen atoms in total. The molecule has 0 atom stereocenters. The summed E-state index contributed by atoms with van der Waals surface area (Å²) in [6.07, 6.45) is 5.45. The second kappa shape index (κ2) is 7.12. The molecule has 0 aliphatic carbocycles. The maximum atomic E-state index is 3.56. The quantitative estimate of drug-likeness (QED) is 0.676. The SMILES string of the molecule is C=CC=C(C)C=C.[PoH2]. The van der Waals surface area contributed by atoms with Gasteiger partial charge in [-0.1, -0.05) is 37.0 Å². The van der Waals surface area contributed by atoms with Crippen molar-refractivity contribution in [2.45, 2.75) is 6.92 Å². The summed E-state index contributed by atoms with van der Waals surface area (Å²) in [6.45, 7) is 9.07. The van der Waals surface area contributed by atoms with Gasteiger partial charge in [0.15, 0.2) is 0 Å². The van der Waals surface area contributed by atoms with E-state index in [0.29, 0.717) is 0 Å². The zero-order valence-electron chi connectivity index (χ0n) is 5.15. The molecule has 0 saturated heterocycles. The predicted molar refractivity (Wildman–Crippen MR) is 42.7 cm³/mol. The summed E-state index contributed by atoms with van der Waals surface area (Å²) < 4.78 is 0. The molecule has 0 rings (SSSR count). The van der Waals surface area contributed by atoms with E-state index in [-0.39, 0.29) is 26.6 Å². The van der Waals surface area contributed by atoms with Crippen molar-refractivity contribution < 1.29 is 0 Å². The average Bonchev–Trinajstić information content (AvgIpc) is 1.68. The molecule has 0 aromatic heterocycles. The second-order valence-electron chi connectivity index (χ2n) is 1.35. The second-order valence-corrected chi connectivity index (χ2v) is 1.35. The van der Waals surface area contributed by atoms with Gasteiger partial charge < -0.3 is 0 Å². The Balaban J connectivity index is 0. The van der Waals surface area contributed by atoms with E-state index in [1.165, 1.54) is 0 Å². The number of hydrogen-bond acceptors (Lipinski definition) is 0. The van der Waals surface area contributed by atoms with Crippen molar-refractivity contribution in [3.63, 3.8) is 0 Å². The fourth-order valence-electron chi connectivity index (χ4n) is 0.254. The van der Waals surface area contributed by atoms with Crippen LogP contribution in [-0.2, 0) is 0 Å². The molecule has 0 aliphatic heterocycles. The third kappa shape index (κ3) is 6.12. The van der Waals surface area contributed by atoms with Crippen LogP contribution in [0.2, 0.25) is 0 Å². The molecule has 0 aromatic carbocycles. The van der Waals surface area contributed by atoms with Crippen molar-refractivity contribution in [1.82, 2.24) is 0 Å². The van der Waals surface area contributed by atoms with Gasteiger partial charge in [0.1, 0.15) is 0 Å². The topological polar surface area (TPSA) is 0 Å². The Hall–Kier alpha value is 0.116. The average molecular weight is 305 g/mol. The van der Waals surface area contributed by atoms with Crippen molar-refractivity contribution in [3.05, 3.63) is 37.0 Å². The van der Waals surface area contributed by atoms with Gasteiger partial charge in [-0.2, -0.15) is 0 Å². The summed E-state index contributed by atoms with van der Waals surface area (Å²) in [7, 11) is 0. The molecular formula is C7H12Po. The van der Waals surface area contributed by atoms with Crippen molar-refractivity contribution in [3.8, 4) is 0 Å². The molecule has 1 heteroatoms. The standard InChI is InChI=1S/C7H10.Po.2H/c1-4-6-7(3)5-2;;;/h4-6H,1-2H2,3H3;;;. The van der Waals surface area contributed by atoms with Crippen LogP contribution in [0.5, 0.6) is 0 Å². The zero-order valence-corrected chi connectivity index (χ0v) is 9.03. The Morgan fingerprint density at radius 1 is 1.38 bits per heavy atom. The molecule has 0 aromatic rings. The van der Waals surface area contributed by atoms with Crippen molar-refractivity contribution >= 4 is 26.6 Å². The predicted octanol–water partition coefficient (Wildman–Crippen LogP) is 1.39. The van der Waals surface area contributed by atoms with Gasteiger partial charge in [0.05, 0.1) is 0 Å². The fraction of sp³-hybridized carbons (Fsp3) is 0.143. The molecule has 0 aliphatic rings. The van der Waals surface area contributed by atoms with Crippen molar-refractivity contribution in [2.75, 3.05) is 0 Å². The Morgan fingerprint density at radius 3 is 2.00 bits per heavy atom. The Kier molecular flexibility index (Phi) is 9.77. The summed E-state index contributed by atoms with van der Waals surface area (Å²) in [4.78, 5) is 0. The minimum atomic E-state index is 0. The Bertz CT molecular complexity index is 101. The van der Waals surface area contributed by atoms with Crippen LogP contribution in [0.3, 0.4) is 0 Å². The third-order valence-electron chi connectivity index (χ3n) is 0.703. The first-order chi connectivity index (χ1) is 3.31. The maximum absolute atomic E-state index is 3.56. The first-order valence-electron chi connectivity index (χ1n) is 2.23. The van der Waals surface area contributed by atoms with Gasteiger partial charge in [-0.15, -0.1) is 0 Å². The van der Waals surface area contributed by atoms with Gasteiger partial charge in [-0.3, -0.25) is 0 Å². The van der Waals surface area contributed by atoms with Crippen LogP contribution < -0.4 is 0 Å². The van der Waals surface area contributed by atoms with Crippen molar-refractivity contribution in [2.24, 2.45) is 0 Å². The van der Waals surface area contributed by atoms with Crippen molar-refractivity contribution in [1.29, 1.82) is 0 Å². The number of hydrogen-bond donors (Lipinski definition) is 0. The molecule has 8 heavy (non-hydrogen) atoms. The molecule has 0 bridgehead atoms. The molecule has 0 saturated carbocycles. The van der Waals surface area contributed by atoms with Crippen LogP contribution in [0, 0.1) is 0 Å². The monoisotopic (exact) mass is 305 g/mol. The fourth-order valence-corrected chi connectivity index (χ4v) is 0.254. The first kappa shape index (κ1) is 11.0. The van der Waals surface area contributed by atoms with E-state index >= 15 is 0 Å². The molecule has 0 fully saturated rings. The Labute approximate surface area is 70.5 Å². The summed E-state index contributed by atoms with van der Waals surface area (Å²) in [5.74, 6) is 0. The molecule has 0 amide bonds. The molecule has 0 radical (unpaired) electrons. The van der Waals surface area contributed by atoms with E-state index < -0.39 is 0 Å². The molecule has 0 heterocycles. The van der Waals surface area contributed by atoms with E-state index in [1.807, 2.05) is 13.0 Å². The number of rotatable bonds is 2. The van der Waals surface area contributed by atoms with Gasteiger partial charge in [-0.05, 0) is 6.92 Å². The van der Waals surface area contributed by atoms with Gasteiger partial charge in [0.25, 0.3) is 0 Å². The van der Waals surface area contributed by atoms with E-state index in [9.17, 15) is 0 Å². The Morgan fingerprint density at radius 2 is 1.88 bits per heavy atom. The zero-order chi connectivity index (χ0) is 5.70. The van der Waals surface area contributed by atoms with Crippen LogP contribution in [0.15, 0.2) is 37.0 Å². The van der Waals surface area contributed by atoms with Gasteiger partial charge >= 0.3 is 26.6 Å². The van der Waals surface area contributed by atoms with E-state index in [2.05, 4.69) is 13.2 Å². The normalized spacial score (nSPS) is 9.38. The molecule has 0 N–H and O–H groups in total. The van der Waals surface area contributed by atoms with Gasteiger partial charge in [0.2, 0.25) is 0 Å². The molecular weight excluding hydrogens is 293 g/mol. The van der Waals surface area contributed by atoms with Crippen LogP contribution in [0.4, 0.5) is 0 Å². The minimum absolute atomic E-state index is 0. The molecule has 0 spiro atoms. The van der Waals surface area contributed by atoms with Crippen LogP contribution in [-0.4, -0.2) is 26.6 Å². The summed E-state index contributed by atoms with van der Waals surface area (Å²) >= 11 is 0. The van der Waals surface area contributed by atoms with Gasteiger partial charge in [-0.25, -0.2) is 0 Å². The molecule has 0 unspecified atom stereocenters. The third-order valence-corrected chi connectivity index (χ3v) is 0.703. The number of allylic oxidation sites excluding steroid dienone is 4. The van der Waals surface area contributed by atoms with E-state index in [1.54, 1.807) is 12.2 Å². The summed E-state index contributed by atoms with van der Waals surface area (Å²) in [6, 6.07) is 0. The van der Waals surface area contributed by atoms with Crippen LogP contribution in [0.25, 0.3) is 0 Å². The summed E-state index contributed by atoms with van der Waals surface area (Å²) in [5.41, 5.74) is 1.15. The van der Waals surface area contributed by atoms with Crippen LogP contribution in [0.1, 0.15) is 6.92 Å². The first-order valence-corrected chi connectivity index (χ1v) is 2.23. The van der Waals surface area contributed by atoms with E-state index in [4.69, 9.17) is 0 Å².